The first-order valence-electron chi connectivity index (χ1n) is 5.70. The van der Waals surface area contributed by atoms with Gasteiger partial charge in [0.15, 0.2) is 0 Å². The van der Waals surface area contributed by atoms with E-state index in [1.54, 1.807) is 0 Å². The number of hydrogen-bond acceptors (Lipinski definition) is 1. The van der Waals surface area contributed by atoms with Crippen LogP contribution in [0, 0.1) is 12.8 Å². The fourth-order valence-electron chi connectivity index (χ4n) is 2.47. The van der Waals surface area contributed by atoms with Crippen molar-refractivity contribution in [2.45, 2.75) is 38.6 Å². The molecule has 0 amide bonds. The number of benzene rings is 1. The lowest BCUT2D eigenvalue weighted by atomic mass is 9.92. The van der Waals surface area contributed by atoms with E-state index in [9.17, 15) is 0 Å². The molecule has 3 heteroatoms. The highest BCUT2D eigenvalue weighted by Gasteiger charge is 2.24. The Morgan fingerprint density at radius 3 is 2.50 bits per heavy atom. The Morgan fingerprint density at radius 2 is 1.94 bits per heavy atom. The summed E-state index contributed by atoms with van der Waals surface area (Å²) in [5.74, 6) is 0.684. The van der Waals surface area contributed by atoms with Crippen LogP contribution in [0.4, 0.5) is 0 Å². The van der Waals surface area contributed by atoms with Crippen LogP contribution in [0.25, 0.3) is 0 Å². The minimum absolute atomic E-state index is 0. The van der Waals surface area contributed by atoms with Gasteiger partial charge in [0.1, 0.15) is 0 Å². The van der Waals surface area contributed by atoms with Crippen molar-refractivity contribution in [3.63, 3.8) is 0 Å². The molecule has 1 nitrogen and oxygen atoms in total. The topological polar surface area (TPSA) is 26.0 Å². The van der Waals surface area contributed by atoms with Crippen LogP contribution in [0.5, 0.6) is 0 Å². The molecule has 2 N–H and O–H groups in total. The molecule has 1 atom stereocenters. The van der Waals surface area contributed by atoms with Gasteiger partial charge in [-0.05, 0) is 42.9 Å². The normalized spacial score (nSPS) is 18.2. The van der Waals surface area contributed by atoms with E-state index >= 15 is 0 Å². The Hall–Kier alpha value is -0.0500. The molecule has 1 saturated carbocycles. The van der Waals surface area contributed by atoms with Gasteiger partial charge in [-0.2, -0.15) is 0 Å². The van der Waals surface area contributed by atoms with Crippen molar-refractivity contribution in [1.82, 2.24) is 0 Å². The Morgan fingerprint density at radius 1 is 1.31 bits per heavy atom. The zero-order chi connectivity index (χ0) is 10.8. The monoisotopic (exact) mass is 303 g/mol. The van der Waals surface area contributed by atoms with Gasteiger partial charge in [-0.1, -0.05) is 40.9 Å². The molecule has 1 aliphatic carbocycles. The molecule has 0 unspecified atom stereocenters. The summed E-state index contributed by atoms with van der Waals surface area (Å²) in [6.07, 6.45) is 5.28. The molecule has 0 aliphatic heterocycles. The van der Waals surface area contributed by atoms with Gasteiger partial charge in [0.05, 0.1) is 0 Å². The quantitative estimate of drug-likeness (QED) is 0.862. The Bertz CT molecular complexity index is 348. The van der Waals surface area contributed by atoms with Crippen LogP contribution in [0.2, 0.25) is 0 Å². The molecule has 1 aromatic carbocycles. The molecule has 90 valence electrons. The second-order valence-electron chi connectivity index (χ2n) is 4.60. The third-order valence-corrected chi connectivity index (χ3v) is 4.11. The van der Waals surface area contributed by atoms with E-state index in [2.05, 4.69) is 41.1 Å². The molecule has 0 bridgehead atoms. The van der Waals surface area contributed by atoms with Crippen molar-refractivity contribution in [1.29, 1.82) is 0 Å². The molecular weight excluding hydrogens is 286 g/mol. The Kier molecular flexibility index (Phi) is 5.29. The van der Waals surface area contributed by atoms with Crippen LogP contribution < -0.4 is 5.73 Å². The van der Waals surface area contributed by atoms with Crippen molar-refractivity contribution in [3.8, 4) is 0 Å². The van der Waals surface area contributed by atoms with E-state index in [1.807, 2.05) is 0 Å². The average Bonchev–Trinajstić information content (AvgIpc) is 2.69. The molecule has 0 radical (unpaired) electrons. The highest BCUT2D eigenvalue weighted by atomic mass is 79.9. The third-order valence-electron chi connectivity index (χ3n) is 3.42. The molecule has 1 aliphatic rings. The van der Waals surface area contributed by atoms with Gasteiger partial charge in [0.25, 0.3) is 0 Å². The van der Waals surface area contributed by atoms with Gasteiger partial charge in [0.2, 0.25) is 0 Å². The molecule has 2 rings (SSSR count). The van der Waals surface area contributed by atoms with Crippen LogP contribution in [-0.2, 0) is 0 Å². The van der Waals surface area contributed by atoms with Crippen LogP contribution >= 0.6 is 28.3 Å². The minimum Gasteiger partial charge on any atom is -0.324 e. The second kappa shape index (κ2) is 6.04. The molecule has 0 aromatic heterocycles. The number of rotatable bonds is 2. The van der Waals surface area contributed by atoms with E-state index < -0.39 is 0 Å². The minimum atomic E-state index is 0. The van der Waals surface area contributed by atoms with Crippen LogP contribution in [0.1, 0.15) is 42.9 Å². The third kappa shape index (κ3) is 2.99. The number of hydrogen-bond donors (Lipinski definition) is 1. The van der Waals surface area contributed by atoms with Crippen LogP contribution in [-0.4, -0.2) is 0 Å². The Balaban J connectivity index is 0.00000128. The van der Waals surface area contributed by atoms with Gasteiger partial charge in [-0.25, -0.2) is 0 Å². The maximum absolute atomic E-state index is 6.32. The van der Waals surface area contributed by atoms with Gasteiger partial charge in [-0.3, -0.25) is 0 Å². The van der Waals surface area contributed by atoms with E-state index in [0.29, 0.717) is 5.92 Å². The van der Waals surface area contributed by atoms with Crippen molar-refractivity contribution in [3.05, 3.63) is 33.8 Å². The first-order chi connectivity index (χ1) is 7.18. The van der Waals surface area contributed by atoms with E-state index in [4.69, 9.17) is 5.73 Å². The number of halogens is 2. The average molecular weight is 305 g/mol. The first kappa shape index (κ1) is 14.0. The van der Waals surface area contributed by atoms with Gasteiger partial charge in [0, 0.05) is 10.5 Å². The van der Waals surface area contributed by atoms with Crippen molar-refractivity contribution in [2.24, 2.45) is 11.7 Å². The Labute approximate surface area is 112 Å². The first-order valence-corrected chi connectivity index (χ1v) is 6.49. The summed E-state index contributed by atoms with van der Waals surface area (Å²) in [7, 11) is 0. The summed E-state index contributed by atoms with van der Waals surface area (Å²) in [6, 6.07) is 6.68. The highest BCUT2D eigenvalue weighted by molar-refractivity contribution is 9.10. The molecule has 0 saturated heterocycles. The SMILES string of the molecule is Cc1ccc([C@H](N)C2CCCC2)c(Br)c1.Cl. The van der Waals surface area contributed by atoms with Gasteiger partial charge in [-0.15, -0.1) is 12.4 Å². The van der Waals surface area contributed by atoms with Crippen LogP contribution in [0.3, 0.4) is 0 Å². The fraction of sp³-hybridized carbons (Fsp3) is 0.538. The predicted molar refractivity (Wildman–Crippen MR) is 75.0 cm³/mol. The van der Waals surface area contributed by atoms with Gasteiger partial charge < -0.3 is 5.73 Å². The zero-order valence-electron chi connectivity index (χ0n) is 9.58. The maximum atomic E-state index is 6.32. The molecule has 1 fully saturated rings. The predicted octanol–water partition coefficient (Wildman–Crippen LogP) is 4.37. The lowest BCUT2D eigenvalue weighted by Gasteiger charge is -2.20. The summed E-state index contributed by atoms with van der Waals surface area (Å²) in [6.45, 7) is 2.11. The number of nitrogens with two attached hydrogens (primary N) is 1. The molecule has 0 heterocycles. The molecular formula is C13H19BrClN. The van der Waals surface area contributed by atoms with E-state index in [0.717, 1.165) is 0 Å². The standard InChI is InChI=1S/C13H18BrN.ClH/c1-9-6-7-11(12(14)8-9)13(15)10-4-2-3-5-10;/h6-8,10,13H,2-5,15H2,1H3;1H/t13-;/m1./s1. The lowest BCUT2D eigenvalue weighted by Crippen LogP contribution is -2.19. The highest BCUT2D eigenvalue weighted by Crippen LogP contribution is 2.36. The smallest absolute Gasteiger partial charge is 0.0334 e. The molecule has 0 spiro atoms. The fourth-order valence-corrected chi connectivity index (χ4v) is 3.23. The zero-order valence-corrected chi connectivity index (χ0v) is 12.0. The maximum Gasteiger partial charge on any atom is 0.0334 e. The summed E-state index contributed by atoms with van der Waals surface area (Å²) in [5.41, 5.74) is 8.87. The summed E-state index contributed by atoms with van der Waals surface area (Å²) >= 11 is 3.61. The summed E-state index contributed by atoms with van der Waals surface area (Å²) in [4.78, 5) is 0. The number of aryl methyl sites for hydroxylation is 1. The van der Waals surface area contributed by atoms with Gasteiger partial charge >= 0.3 is 0 Å². The van der Waals surface area contributed by atoms with E-state index in [1.165, 1.54) is 41.3 Å². The van der Waals surface area contributed by atoms with Crippen LogP contribution in [0.15, 0.2) is 22.7 Å². The van der Waals surface area contributed by atoms with E-state index in [-0.39, 0.29) is 18.4 Å². The van der Waals surface area contributed by atoms with Crippen molar-refractivity contribution < 1.29 is 0 Å². The summed E-state index contributed by atoms with van der Waals surface area (Å²) in [5, 5.41) is 0. The van der Waals surface area contributed by atoms with Crippen molar-refractivity contribution in [2.75, 3.05) is 0 Å². The van der Waals surface area contributed by atoms with Crippen molar-refractivity contribution >= 4 is 28.3 Å². The lowest BCUT2D eigenvalue weighted by molar-refractivity contribution is 0.443. The summed E-state index contributed by atoms with van der Waals surface area (Å²) < 4.78 is 1.17. The largest absolute Gasteiger partial charge is 0.324 e. The second-order valence-corrected chi connectivity index (χ2v) is 5.45. The molecule has 16 heavy (non-hydrogen) atoms. The molecule has 1 aromatic rings.